The highest BCUT2D eigenvalue weighted by atomic mass is 32.1. The van der Waals surface area contributed by atoms with Crippen LogP contribution in [0.25, 0.3) is 0 Å². The van der Waals surface area contributed by atoms with E-state index in [1.165, 1.54) is 16.9 Å². The van der Waals surface area contributed by atoms with Crippen LogP contribution in [0.1, 0.15) is 24.8 Å². The van der Waals surface area contributed by atoms with Gasteiger partial charge >= 0.3 is 0 Å². The molecule has 3 aliphatic heterocycles. The fraction of sp³-hybridized carbons (Fsp3) is 0.545. The molecule has 2 amide bonds. The lowest BCUT2D eigenvalue weighted by atomic mass is 10.1. The minimum absolute atomic E-state index is 0.0750. The summed E-state index contributed by atoms with van der Waals surface area (Å²) in [4.78, 5) is 32.8. The maximum absolute atomic E-state index is 12.9. The Kier molecular flexibility index (Phi) is 6.32. The first-order valence-corrected chi connectivity index (χ1v) is 12.1. The fourth-order valence-corrected chi connectivity index (χ4v) is 5.15. The van der Waals surface area contributed by atoms with Gasteiger partial charge in [0.2, 0.25) is 28.9 Å². The summed E-state index contributed by atoms with van der Waals surface area (Å²) < 4.78 is 10.8. The molecule has 2 fully saturated rings. The second kappa shape index (κ2) is 9.52. The molecule has 0 N–H and O–H groups in total. The zero-order chi connectivity index (χ0) is 22.8. The molecule has 10 nitrogen and oxygen atoms in total. The van der Waals surface area contributed by atoms with E-state index in [0.717, 1.165) is 44.0 Å². The number of benzene rings is 1. The molecule has 0 bridgehead atoms. The van der Waals surface area contributed by atoms with Crippen molar-refractivity contribution >= 4 is 33.4 Å². The van der Waals surface area contributed by atoms with E-state index in [-0.39, 0.29) is 25.2 Å². The van der Waals surface area contributed by atoms with E-state index in [2.05, 4.69) is 21.2 Å². The van der Waals surface area contributed by atoms with Crippen LogP contribution in [-0.2, 0) is 16.1 Å². The van der Waals surface area contributed by atoms with Crippen LogP contribution >= 0.6 is 11.3 Å². The van der Waals surface area contributed by atoms with Crippen molar-refractivity contribution in [2.75, 3.05) is 62.9 Å². The second-order valence-electron chi connectivity index (χ2n) is 8.57. The molecule has 0 spiro atoms. The molecule has 0 aliphatic carbocycles. The second-order valence-corrected chi connectivity index (χ2v) is 9.50. The van der Waals surface area contributed by atoms with Crippen molar-refractivity contribution in [2.45, 2.75) is 25.8 Å². The molecule has 5 rings (SSSR count). The normalized spacial score (nSPS) is 18.6. The number of hydrogen-bond acceptors (Lipinski definition) is 9. The molecule has 11 heteroatoms. The van der Waals surface area contributed by atoms with Crippen LogP contribution in [0.5, 0.6) is 11.5 Å². The Morgan fingerprint density at radius 1 is 1.09 bits per heavy atom. The number of nitrogens with zero attached hydrogens (tertiary/aromatic N) is 6. The summed E-state index contributed by atoms with van der Waals surface area (Å²) in [7, 11) is 1.84. The Bertz CT molecular complexity index is 1020. The van der Waals surface area contributed by atoms with Crippen LogP contribution in [0.2, 0.25) is 0 Å². The number of fused-ring (bicyclic) bond motifs is 1. The summed E-state index contributed by atoms with van der Waals surface area (Å²) in [5, 5.41) is 9.66. The van der Waals surface area contributed by atoms with Crippen LogP contribution in [0.4, 0.5) is 10.3 Å². The van der Waals surface area contributed by atoms with Gasteiger partial charge in [0, 0.05) is 52.7 Å². The van der Waals surface area contributed by atoms with E-state index in [4.69, 9.17) is 9.47 Å². The first kappa shape index (κ1) is 21.9. The minimum Gasteiger partial charge on any atom is -0.454 e. The van der Waals surface area contributed by atoms with E-state index in [1.807, 2.05) is 29.0 Å². The maximum Gasteiger partial charge on any atom is 0.242 e. The van der Waals surface area contributed by atoms with Crippen LogP contribution in [-0.4, -0.2) is 84.9 Å². The third-order valence-electron chi connectivity index (χ3n) is 6.23. The lowest BCUT2D eigenvalue weighted by Crippen LogP contribution is -2.50. The van der Waals surface area contributed by atoms with Crippen molar-refractivity contribution in [3.05, 3.63) is 23.8 Å². The number of amides is 2. The molecule has 4 heterocycles. The highest BCUT2D eigenvalue weighted by Gasteiger charge is 2.26. The third kappa shape index (κ3) is 4.88. The molecule has 3 aliphatic rings. The summed E-state index contributed by atoms with van der Waals surface area (Å²) in [5.74, 6) is 1.77. The molecule has 1 aromatic heterocycles. The SMILES string of the molecule is CN(CC(=O)N1CCN(Cc2ccc3c(c2)OCO3)CC1)c1nnc(N2CCCCC2=O)s1. The Morgan fingerprint density at radius 3 is 2.73 bits per heavy atom. The van der Waals surface area contributed by atoms with Gasteiger partial charge in [0.1, 0.15) is 0 Å². The molecule has 1 aromatic carbocycles. The number of carbonyl (C=O) groups excluding carboxylic acids is 2. The number of ether oxygens (including phenoxy) is 2. The predicted molar refractivity (Wildman–Crippen MR) is 124 cm³/mol. The Hall–Kier alpha value is -2.92. The number of rotatable bonds is 6. The summed E-state index contributed by atoms with van der Waals surface area (Å²) in [6.07, 6.45) is 2.47. The quantitative estimate of drug-likeness (QED) is 0.626. The van der Waals surface area contributed by atoms with Crippen molar-refractivity contribution in [1.82, 2.24) is 20.0 Å². The van der Waals surface area contributed by atoms with E-state index in [9.17, 15) is 9.59 Å². The number of likely N-dealkylation sites (N-methyl/N-ethyl adjacent to an activating group) is 1. The van der Waals surface area contributed by atoms with E-state index < -0.39 is 0 Å². The van der Waals surface area contributed by atoms with Gasteiger partial charge in [0.15, 0.2) is 11.5 Å². The number of hydrogen-bond donors (Lipinski definition) is 0. The Labute approximate surface area is 196 Å². The number of anilines is 2. The number of carbonyl (C=O) groups is 2. The standard InChI is InChI=1S/C22H28N6O4S/c1-25(21-23-24-22(33-21)28-7-3-2-4-19(28)29)14-20(30)27-10-8-26(9-11-27)13-16-5-6-17-18(12-16)32-15-31-17/h5-6,12H,2-4,7-11,13-15H2,1H3. The molecule has 2 aromatic rings. The lowest BCUT2D eigenvalue weighted by molar-refractivity contribution is -0.131. The minimum atomic E-state index is 0.0750. The zero-order valence-electron chi connectivity index (χ0n) is 18.7. The average molecular weight is 473 g/mol. The van der Waals surface area contributed by atoms with Gasteiger partial charge < -0.3 is 19.3 Å². The fourth-order valence-electron chi connectivity index (χ4n) is 4.30. The van der Waals surface area contributed by atoms with Gasteiger partial charge in [0.05, 0.1) is 6.54 Å². The first-order chi connectivity index (χ1) is 16.1. The van der Waals surface area contributed by atoms with E-state index >= 15 is 0 Å². The van der Waals surface area contributed by atoms with Crippen LogP contribution in [0.15, 0.2) is 18.2 Å². The highest BCUT2D eigenvalue weighted by molar-refractivity contribution is 7.19. The van der Waals surface area contributed by atoms with Crippen molar-refractivity contribution in [2.24, 2.45) is 0 Å². The summed E-state index contributed by atoms with van der Waals surface area (Å²) in [5.41, 5.74) is 1.18. The van der Waals surface area contributed by atoms with Crippen molar-refractivity contribution in [3.8, 4) is 11.5 Å². The third-order valence-corrected chi connectivity index (χ3v) is 7.29. The van der Waals surface area contributed by atoms with Gasteiger partial charge in [-0.25, -0.2) is 0 Å². The maximum atomic E-state index is 12.9. The van der Waals surface area contributed by atoms with Crippen LogP contribution in [0.3, 0.4) is 0 Å². The lowest BCUT2D eigenvalue weighted by Gasteiger charge is -2.35. The average Bonchev–Trinajstić information content (AvgIpc) is 3.49. The molecular weight excluding hydrogens is 444 g/mol. The van der Waals surface area contributed by atoms with Gasteiger partial charge in [-0.1, -0.05) is 17.4 Å². The van der Waals surface area contributed by atoms with Crippen molar-refractivity contribution in [1.29, 1.82) is 0 Å². The van der Waals surface area contributed by atoms with E-state index in [1.54, 1.807) is 4.90 Å². The van der Waals surface area contributed by atoms with Gasteiger partial charge in [-0.2, -0.15) is 0 Å². The molecule has 0 unspecified atom stereocenters. The van der Waals surface area contributed by atoms with Crippen molar-refractivity contribution < 1.29 is 19.1 Å². The van der Waals surface area contributed by atoms with Gasteiger partial charge in [-0.15, -0.1) is 10.2 Å². The zero-order valence-corrected chi connectivity index (χ0v) is 19.6. The summed E-state index contributed by atoms with van der Waals surface area (Å²) >= 11 is 1.36. The number of piperidine rings is 1. The molecule has 33 heavy (non-hydrogen) atoms. The van der Waals surface area contributed by atoms with Crippen molar-refractivity contribution in [3.63, 3.8) is 0 Å². The van der Waals surface area contributed by atoms with Gasteiger partial charge in [-0.3, -0.25) is 19.4 Å². The first-order valence-electron chi connectivity index (χ1n) is 11.3. The Balaban J connectivity index is 1.10. The highest BCUT2D eigenvalue weighted by Crippen LogP contribution is 2.33. The topological polar surface area (TPSA) is 91.3 Å². The molecule has 2 saturated heterocycles. The van der Waals surface area contributed by atoms with Gasteiger partial charge in [0.25, 0.3) is 0 Å². The molecule has 0 radical (unpaired) electrons. The smallest absolute Gasteiger partial charge is 0.242 e. The number of piperazine rings is 1. The van der Waals surface area contributed by atoms with E-state index in [0.29, 0.717) is 36.3 Å². The predicted octanol–water partition coefficient (Wildman–Crippen LogP) is 1.56. The summed E-state index contributed by atoms with van der Waals surface area (Å²) in [6.45, 7) is 5.07. The van der Waals surface area contributed by atoms with Gasteiger partial charge in [-0.05, 0) is 30.5 Å². The molecule has 0 saturated carbocycles. The number of aromatic nitrogens is 2. The monoisotopic (exact) mass is 472 g/mol. The van der Waals surface area contributed by atoms with Crippen LogP contribution in [0, 0.1) is 0 Å². The van der Waals surface area contributed by atoms with Crippen LogP contribution < -0.4 is 19.3 Å². The Morgan fingerprint density at radius 2 is 1.91 bits per heavy atom. The molecule has 176 valence electrons. The largest absolute Gasteiger partial charge is 0.454 e. The molecule has 0 atom stereocenters. The summed E-state index contributed by atoms with van der Waals surface area (Å²) in [6, 6.07) is 6.05. The molecular formula is C22H28N6O4S.